The van der Waals surface area contributed by atoms with Crippen LogP contribution in [0.15, 0.2) is 97.2 Å². The molecule has 0 fully saturated rings. The third-order valence-corrected chi connectivity index (χ3v) is 13.1. The fraction of sp³-hybridized carbons (Fsp3) is 0.716. The lowest BCUT2D eigenvalue weighted by Gasteiger charge is -2.18. The van der Waals surface area contributed by atoms with E-state index in [0.29, 0.717) is 19.3 Å². The summed E-state index contributed by atoms with van der Waals surface area (Å²) in [6, 6.07) is 0. The minimum absolute atomic E-state index is 0.0817. The number of carbonyl (C=O) groups excluding carboxylic acids is 3. The number of carbonyl (C=O) groups is 3. The number of esters is 3. The van der Waals surface area contributed by atoms with Gasteiger partial charge in [-0.2, -0.15) is 0 Å². The molecule has 0 aliphatic heterocycles. The van der Waals surface area contributed by atoms with Crippen LogP contribution in [0.2, 0.25) is 0 Å². The van der Waals surface area contributed by atoms with Crippen molar-refractivity contribution in [3.8, 4) is 0 Å². The van der Waals surface area contributed by atoms with Crippen molar-refractivity contribution in [1.29, 1.82) is 0 Å². The van der Waals surface area contributed by atoms with Gasteiger partial charge < -0.3 is 14.2 Å². The average Bonchev–Trinajstić information content (AvgIpc) is 3.39. The van der Waals surface area contributed by atoms with E-state index in [1.807, 2.05) is 0 Å². The van der Waals surface area contributed by atoms with Gasteiger partial charge in [0, 0.05) is 19.3 Å². The van der Waals surface area contributed by atoms with E-state index in [-0.39, 0.29) is 31.1 Å². The lowest BCUT2D eigenvalue weighted by Crippen LogP contribution is -2.30. The molecule has 1 atom stereocenters. The first-order chi connectivity index (χ1) is 36.0. The topological polar surface area (TPSA) is 78.9 Å². The molecule has 0 saturated carbocycles. The van der Waals surface area contributed by atoms with Gasteiger partial charge in [-0.25, -0.2) is 0 Å². The first-order valence-corrected chi connectivity index (χ1v) is 30.7. The normalized spacial score (nSPS) is 12.8. The Bertz CT molecular complexity index is 1440. The smallest absolute Gasteiger partial charge is 0.306 e. The fourth-order valence-electron chi connectivity index (χ4n) is 8.48. The van der Waals surface area contributed by atoms with Gasteiger partial charge in [0.1, 0.15) is 13.2 Å². The summed E-state index contributed by atoms with van der Waals surface area (Å²) in [7, 11) is 0. The van der Waals surface area contributed by atoms with Gasteiger partial charge in [0.2, 0.25) is 0 Å². The van der Waals surface area contributed by atoms with Crippen LogP contribution in [0.25, 0.3) is 0 Å². The molecule has 0 aromatic rings. The zero-order chi connectivity index (χ0) is 52.9. The molecule has 0 aromatic heterocycles. The quantitative estimate of drug-likeness (QED) is 0.0261. The van der Waals surface area contributed by atoms with E-state index in [1.165, 1.54) is 122 Å². The Morgan fingerprint density at radius 1 is 0.288 bits per heavy atom. The SMILES string of the molecule is CC/C=C\C/C=C\C/C=C\C/C=C\C/C=C\C/C=C\CCCCCCCCCCCCC(=O)OCC(COC(=O)CCCCCCCCCCCCCCC)OC(=O)CCCCCCC/C=C\C/C=C\CCC. The molecule has 0 bridgehead atoms. The summed E-state index contributed by atoms with van der Waals surface area (Å²) in [5, 5.41) is 0. The molecule has 0 aromatic carbocycles. The lowest BCUT2D eigenvalue weighted by molar-refractivity contribution is -0.167. The highest BCUT2D eigenvalue weighted by molar-refractivity contribution is 5.71. The Kier molecular flexibility index (Phi) is 57.8. The van der Waals surface area contributed by atoms with Crippen LogP contribution < -0.4 is 0 Å². The zero-order valence-electron chi connectivity index (χ0n) is 47.9. The van der Waals surface area contributed by atoms with Crippen molar-refractivity contribution in [2.45, 2.75) is 297 Å². The third kappa shape index (κ3) is 59.1. The van der Waals surface area contributed by atoms with Crippen LogP contribution in [0.4, 0.5) is 0 Å². The molecule has 0 aliphatic carbocycles. The number of unbranched alkanes of at least 4 members (excludes halogenated alkanes) is 28. The van der Waals surface area contributed by atoms with Crippen LogP contribution in [-0.2, 0) is 28.6 Å². The predicted octanol–water partition coefficient (Wildman–Crippen LogP) is 20.9. The number of hydrogen-bond donors (Lipinski definition) is 0. The van der Waals surface area contributed by atoms with E-state index in [1.54, 1.807) is 0 Å². The minimum Gasteiger partial charge on any atom is -0.462 e. The Morgan fingerprint density at radius 3 is 0.890 bits per heavy atom. The highest BCUT2D eigenvalue weighted by atomic mass is 16.6. The first-order valence-electron chi connectivity index (χ1n) is 30.7. The average molecular weight is 1020 g/mol. The number of rotatable bonds is 55. The summed E-state index contributed by atoms with van der Waals surface area (Å²) in [4.78, 5) is 38.2. The summed E-state index contributed by atoms with van der Waals surface area (Å²) < 4.78 is 16.9. The van der Waals surface area contributed by atoms with Crippen molar-refractivity contribution >= 4 is 17.9 Å². The van der Waals surface area contributed by atoms with E-state index in [9.17, 15) is 14.4 Å². The van der Waals surface area contributed by atoms with Crippen LogP contribution >= 0.6 is 0 Å². The third-order valence-electron chi connectivity index (χ3n) is 13.1. The number of allylic oxidation sites excluding steroid dienone is 16. The van der Waals surface area contributed by atoms with Crippen LogP contribution in [0.5, 0.6) is 0 Å². The minimum atomic E-state index is -0.785. The van der Waals surface area contributed by atoms with Crippen molar-refractivity contribution in [2.75, 3.05) is 13.2 Å². The monoisotopic (exact) mass is 1010 g/mol. The standard InChI is InChI=1S/C67H114O6/c1-4-7-10-13-16-19-22-25-26-27-28-29-30-31-32-33-34-35-36-37-38-39-40-43-45-48-51-54-57-60-66(69)72-63-64(73-67(70)61-58-55-52-49-46-42-24-21-18-15-12-9-6-3)62-71-65(68)59-56-53-50-47-44-41-23-20-17-14-11-8-5-2/h7,10,12,15-16,19,21,24-26,28-29,31-32,34-35,64H,4-6,8-9,11,13-14,17-18,20,22-23,27,30,33,36-63H2,1-3H3/b10-7-,15-12-,19-16-,24-21-,26-25-,29-28-,32-31-,35-34-. The van der Waals surface area contributed by atoms with Gasteiger partial charge in [-0.3, -0.25) is 14.4 Å². The summed E-state index contributed by atoms with van der Waals surface area (Å²) in [6.07, 6.45) is 81.2. The molecule has 418 valence electrons. The molecular weight excluding hydrogens is 901 g/mol. The van der Waals surface area contributed by atoms with Gasteiger partial charge in [0.25, 0.3) is 0 Å². The van der Waals surface area contributed by atoms with Gasteiger partial charge in [-0.15, -0.1) is 0 Å². The molecule has 0 amide bonds. The molecule has 0 radical (unpaired) electrons. The summed E-state index contributed by atoms with van der Waals surface area (Å²) in [5.41, 5.74) is 0. The highest BCUT2D eigenvalue weighted by Gasteiger charge is 2.19. The summed E-state index contributed by atoms with van der Waals surface area (Å²) in [5.74, 6) is -0.894. The molecule has 6 heteroatoms. The van der Waals surface area contributed by atoms with Crippen molar-refractivity contribution in [1.82, 2.24) is 0 Å². The van der Waals surface area contributed by atoms with Crippen molar-refractivity contribution < 1.29 is 28.6 Å². The van der Waals surface area contributed by atoms with Crippen molar-refractivity contribution in [3.05, 3.63) is 97.2 Å². The van der Waals surface area contributed by atoms with Gasteiger partial charge in [0.05, 0.1) is 0 Å². The molecule has 6 nitrogen and oxygen atoms in total. The number of ether oxygens (including phenoxy) is 3. The Labute approximate surface area is 451 Å². The molecule has 0 spiro atoms. The number of hydrogen-bond acceptors (Lipinski definition) is 6. The summed E-state index contributed by atoms with van der Waals surface area (Å²) in [6.45, 7) is 6.46. The Morgan fingerprint density at radius 2 is 0.562 bits per heavy atom. The van der Waals surface area contributed by atoms with Crippen LogP contribution in [0.3, 0.4) is 0 Å². The molecule has 0 saturated heterocycles. The molecule has 0 heterocycles. The van der Waals surface area contributed by atoms with Crippen LogP contribution in [0.1, 0.15) is 290 Å². The second kappa shape index (κ2) is 60.9. The Balaban J connectivity index is 4.24. The van der Waals surface area contributed by atoms with Gasteiger partial charge >= 0.3 is 17.9 Å². The second-order valence-electron chi connectivity index (χ2n) is 20.2. The highest BCUT2D eigenvalue weighted by Crippen LogP contribution is 2.16. The largest absolute Gasteiger partial charge is 0.462 e. The predicted molar refractivity (Wildman–Crippen MR) is 316 cm³/mol. The maximum atomic E-state index is 12.8. The molecule has 0 N–H and O–H groups in total. The summed E-state index contributed by atoms with van der Waals surface area (Å²) >= 11 is 0. The lowest BCUT2D eigenvalue weighted by atomic mass is 10.0. The van der Waals surface area contributed by atoms with Gasteiger partial charge in [-0.05, 0) is 96.3 Å². The molecule has 0 rings (SSSR count). The first kappa shape index (κ1) is 69.3. The molecular formula is C67H114O6. The second-order valence-corrected chi connectivity index (χ2v) is 20.2. The van der Waals surface area contributed by atoms with Crippen LogP contribution in [-0.4, -0.2) is 37.2 Å². The van der Waals surface area contributed by atoms with Crippen molar-refractivity contribution in [2.24, 2.45) is 0 Å². The van der Waals surface area contributed by atoms with E-state index in [0.717, 1.165) is 128 Å². The van der Waals surface area contributed by atoms with Gasteiger partial charge in [-0.1, -0.05) is 272 Å². The van der Waals surface area contributed by atoms with E-state index < -0.39 is 6.10 Å². The van der Waals surface area contributed by atoms with E-state index in [4.69, 9.17) is 14.2 Å². The molecule has 73 heavy (non-hydrogen) atoms. The maximum absolute atomic E-state index is 12.8. The fourth-order valence-corrected chi connectivity index (χ4v) is 8.48. The zero-order valence-corrected chi connectivity index (χ0v) is 47.9. The van der Waals surface area contributed by atoms with Gasteiger partial charge in [0.15, 0.2) is 6.10 Å². The van der Waals surface area contributed by atoms with Crippen LogP contribution in [0, 0.1) is 0 Å². The van der Waals surface area contributed by atoms with E-state index >= 15 is 0 Å². The Hall–Kier alpha value is -3.67. The van der Waals surface area contributed by atoms with Crippen molar-refractivity contribution in [3.63, 3.8) is 0 Å². The maximum Gasteiger partial charge on any atom is 0.306 e. The molecule has 0 aliphatic rings. The molecule has 1 unspecified atom stereocenters. The van der Waals surface area contributed by atoms with E-state index in [2.05, 4.69) is 118 Å².